The Labute approximate surface area is 125 Å². The largest absolute Gasteiger partial charge is 0.351 e. The highest BCUT2D eigenvalue weighted by Crippen LogP contribution is 2.35. The van der Waals surface area contributed by atoms with Crippen LogP contribution in [0.5, 0.6) is 0 Å². The van der Waals surface area contributed by atoms with Crippen molar-refractivity contribution < 1.29 is 8.78 Å². The van der Waals surface area contributed by atoms with E-state index in [1.54, 1.807) is 11.3 Å². The van der Waals surface area contributed by atoms with Crippen LogP contribution in [-0.2, 0) is 6.42 Å². The standard InChI is InChI=1S/C16H16F2N2S/c17-10-8-12-11(4-1-2-6-19)16(14-5-3-7-21-14)20-15(12)13(18)9-10/h3,5,7-9,20H,1-2,4,6,19H2. The summed E-state index contributed by atoms with van der Waals surface area (Å²) in [5, 5.41) is 2.61. The van der Waals surface area contributed by atoms with Crippen LogP contribution in [0.4, 0.5) is 8.78 Å². The van der Waals surface area contributed by atoms with Gasteiger partial charge in [-0.1, -0.05) is 6.07 Å². The highest BCUT2D eigenvalue weighted by Gasteiger charge is 2.17. The van der Waals surface area contributed by atoms with Crippen LogP contribution in [0.15, 0.2) is 29.6 Å². The number of nitrogens with two attached hydrogens (primary N) is 1. The molecule has 0 unspecified atom stereocenters. The first-order valence-electron chi connectivity index (χ1n) is 6.94. The number of halogens is 2. The number of H-pyrrole nitrogens is 1. The quantitative estimate of drug-likeness (QED) is 0.672. The zero-order valence-electron chi connectivity index (χ0n) is 11.5. The molecule has 0 radical (unpaired) electrons. The van der Waals surface area contributed by atoms with Gasteiger partial charge in [0.25, 0.3) is 0 Å². The Kier molecular flexibility index (Phi) is 4.03. The molecule has 0 aliphatic carbocycles. The van der Waals surface area contributed by atoms with E-state index in [0.29, 0.717) is 17.4 Å². The van der Waals surface area contributed by atoms with E-state index in [9.17, 15) is 8.78 Å². The van der Waals surface area contributed by atoms with Gasteiger partial charge in [-0.15, -0.1) is 11.3 Å². The van der Waals surface area contributed by atoms with E-state index in [4.69, 9.17) is 5.73 Å². The molecular formula is C16H16F2N2S. The van der Waals surface area contributed by atoms with Crippen LogP contribution in [0.1, 0.15) is 18.4 Å². The first kappa shape index (κ1) is 14.2. The lowest BCUT2D eigenvalue weighted by Crippen LogP contribution is -1.99. The summed E-state index contributed by atoms with van der Waals surface area (Å²) in [5.74, 6) is -1.09. The number of aryl methyl sites for hydroxylation is 1. The third-order valence-corrected chi connectivity index (χ3v) is 4.47. The highest BCUT2D eigenvalue weighted by molar-refractivity contribution is 7.13. The molecule has 3 rings (SSSR count). The lowest BCUT2D eigenvalue weighted by molar-refractivity contribution is 0.591. The van der Waals surface area contributed by atoms with Crippen molar-refractivity contribution in [2.45, 2.75) is 19.3 Å². The van der Waals surface area contributed by atoms with Crippen molar-refractivity contribution in [1.29, 1.82) is 0 Å². The van der Waals surface area contributed by atoms with Crippen LogP contribution < -0.4 is 5.73 Å². The average molecular weight is 306 g/mol. The molecule has 0 fully saturated rings. The van der Waals surface area contributed by atoms with Crippen LogP contribution in [0.2, 0.25) is 0 Å². The Morgan fingerprint density at radius 1 is 1.19 bits per heavy atom. The monoisotopic (exact) mass is 306 g/mol. The van der Waals surface area contributed by atoms with E-state index < -0.39 is 11.6 Å². The molecule has 0 aliphatic rings. The van der Waals surface area contributed by atoms with Crippen molar-refractivity contribution in [3.8, 4) is 10.6 Å². The number of nitrogens with one attached hydrogen (secondary N) is 1. The number of aromatic amines is 1. The number of rotatable bonds is 5. The van der Waals surface area contributed by atoms with Crippen molar-refractivity contribution in [2.24, 2.45) is 5.73 Å². The molecular weight excluding hydrogens is 290 g/mol. The molecule has 3 aromatic rings. The van der Waals surface area contributed by atoms with E-state index in [0.717, 1.165) is 41.5 Å². The predicted molar refractivity (Wildman–Crippen MR) is 83.5 cm³/mol. The molecule has 0 bridgehead atoms. The first-order chi connectivity index (χ1) is 10.2. The van der Waals surface area contributed by atoms with Gasteiger partial charge in [-0.25, -0.2) is 8.78 Å². The Morgan fingerprint density at radius 2 is 2.05 bits per heavy atom. The Morgan fingerprint density at radius 3 is 2.76 bits per heavy atom. The molecule has 5 heteroatoms. The summed E-state index contributed by atoms with van der Waals surface area (Å²) in [5.41, 5.74) is 7.77. The lowest BCUT2D eigenvalue weighted by atomic mass is 10.0. The van der Waals surface area contributed by atoms with E-state index >= 15 is 0 Å². The molecule has 1 aromatic carbocycles. The first-order valence-corrected chi connectivity index (χ1v) is 7.82. The van der Waals surface area contributed by atoms with E-state index in [1.165, 1.54) is 6.07 Å². The summed E-state index contributed by atoms with van der Waals surface area (Å²) in [6.45, 7) is 0.624. The number of benzene rings is 1. The predicted octanol–water partition coefficient (Wildman–Crippen LogP) is 4.46. The van der Waals surface area contributed by atoms with Crippen molar-refractivity contribution in [3.63, 3.8) is 0 Å². The van der Waals surface area contributed by atoms with Crippen LogP contribution in [0.25, 0.3) is 21.5 Å². The van der Waals surface area contributed by atoms with Gasteiger partial charge < -0.3 is 10.7 Å². The highest BCUT2D eigenvalue weighted by atomic mass is 32.1. The fourth-order valence-electron chi connectivity index (χ4n) is 2.61. The molecule has 0 amide bonds. The van der Waals surface area contributed by atoms with Crippen molar-refractivity contribution in [2.75, 3.05) is 6.54 Å². The minimum absolute atomic E-state index is 0.377. The third-order valence-electron chi connectivity index (χ3n) is 3.58. The molecule has 2 heterocycles. The van der Waals surface area contributed by atoms with Gasteiger partial charge in [-0.2, -0.15) is 0 Å². The Bertz CT molecular complexity index is 747. The van der Waals surface area contributed by atoms with Crippen molar-refractivity contribution in [1.82, 2.24) is 4.98 Å². The second kappa shape index (κ2) is 5.95. The maximum Gasteiger partial charge on any atom is 0.150 e. The number of thiophene rings is 1. The molecule has 2 nitrogen and oxygen atoms in total. The Hall–Kier alpha value is -1.72. The summed E-state index contributed by atoms with van der Waals surface area (Å²) in [4.78, 5) is 4.16. The lowest BCUT2D eigenvalue weighted by Gasteiger charge is -2.03. The van der Waals surface area contributed by atoms with Crippen LogP contribution in [-0.4, -0.2) is 11.5 Å². The van der Waals surface area contributed by atoms with Gasteiger partial charge in [0.15, 0.2) is 0 Å². The van der Waals surface area contributed by atoms with Crippen molar-refractivity contribution >= 4 is 22.2 Å². The summed E-state index contributed by atoms with van der Waals surface area (Å²) in [6, 6.07) is 6.26. The molecule has 21 heavy (non-hydrogen) atoms. The minimum Gasteiger partial charge on any atom is -0.351 e. The van der Waals surface area contributed by atoms with E-state index in [1.807, 2.05) is 17.5 Å². The van der Waals surface area contributed by atoms with Gasteiger partial charge in [-0.05, 0) is 48.9 Å². The maximum absolute atomic E-state index is 14.0. The molecule has 0 saturated carbocycles. The zero-order valence-corrected chi connectivity index (χ0v) is 12.3. The summed E-state index contributed by atoms with van der Waals surface area (Å²) in [6.07, 6.45) is 2.56. The Balaban J connectivity index is 2.16. The molecule has 110 valence electrons. The molecule has 0 aliphatic heterocycles. The number of aromatic nitrogens is 1. The number of hydrogen-bond acceptors (Lipinski definition) is 2. The van der Waals surface area contributed by atoms with Crippen LogP contribution in [0.3, 0.4) is 0 Å². The van der Waals surface area contributed by atoms with E-state index in [2.05, 4.69) is 4.98 Å². The fourth-order valence-corrected chi connectivity index (χ4v) is 3.36. The molecule has 0 atom stereocenters. The van der Waals surface area contributed by atoms with Gasteiger partial charge in [0.1, 0.15) is 11.6 Å². The summed E-state index contributed by atoms with van der Waals surface area (Å²) in [7, 11) is 0. The molecule has 0 saturated heterocycles. The molecule has 2 aromatic heterocycles. The zero-order chi connectivity index (χ0) is 14.8. The second-order valence-electron chi connectivity index (χ2n) is 5.01. The van der Waals surface area contributed by atoms with Crippen LogP contribution in [0, 0.1) is 11.6 Å². The summed E-state index contributed by atoms with van der Waals surface area (Å²) >= 11 is 1.58. The maximum atomic E-state index is 14.0. The molecule has 3 N–H and O–H groups in total. The van der Waals surface area contributed by atoms with Gasteiger partial charge in [0.2, 0.25) is 0 Å². The van der Waals surface area contributed by atoms with Crippen LogP contribution >= 0.6 is 11.3 Å². The van der Waals surface area contributed by atoms with Gasteiger partial charge in [0, 0.05) is 11.5 Å². The van der Waals surface area contributed by atoms with Gasteiger partial charge in [0.05, 0.1) is 16.1 Å². The fraction of sp³-hybridized carbons (Fsp3) is 0.250. The third kappa shape index (κ3) is 2.71. The average Bonchev–Trinajstić information content (AvgIpc) is 3.07. The van der Waals surface area contributed by atoms with Crippen molar-refractivity contribution in [3.05, 3.63) is 46.8 Å². The molecule has 0 spiro atoms. The van der Waals surface area contributed by atoms with Gasteiger partial charge in [-0.3, -0.25) is 0 Å². The summed E-state index contributed by atoms with van der Waals surface area (Å²) < 4.78 is 27.5. The smallest absolute Gasteiger partial charge is 0.150 e. The van der Waals surface area contributed by atoms with Gasteiger partial charge >= 0.3 is 0 Å². The number of fused-ring (bicyclic) bond motifs is 1. The number of unbranched alkanes of at least 4 members (excludes halogenated alkanes) is 1. The minimum atomic E-state index is -0.548. The topological polar surface area (TPSA) is 41.8 Å². The second-order valence-corrected chi connectivity index (χ2v) is 5.96. The number of hydrogen-bond donors (Lipinski definition) is 2. The SMILES string of the molecule is NCCCCc1c(-c2cccs2)[nH]c2c(F)cc(F)cc12. The normalized spacial score (nSPS) is 11.4. The van der Waals surface area contributed by atoms with E-state index in [-0.39, 0.29) is 0 Å².